The lowest BCUT2D eigenvalue weighted by Gasteiger charge is -2.30. The van der Waals surface area contributed by atoms with Crippen molar-refractivity contribution in [3.63, 3.8) is 0 Å². The minimum absolute atomic E-state index is 0.0392. The molecule has 1 heterocycles. The maximum absolute atomic E-state index is 12.6. The van der Waals surface area contributed by atoms with Crippen LogP contribution >= 0.6 is 0 Å². The highest BCUT2D eigenvalue weighted by atomic mass is 16.5. The molecule has 0 aromatic heterocycles. The van der Waals surface area contributed by atoms with Gasteiger partial charge in [-0.05, 0) is 30.2 Å². The van der Waals surface area contributed by atoms with Crippen LogP contribution in [0.4, 0.5) is 0 Å². The molecular weight excluding hydrogens is 288 g/mol. The van der Waals surface area contributed by atoms with E-state index in [-0.39, 0.29) is 11.8 Å². The fourth-order valence-electron chi connectivity index (χ4n) is 3.12. The number of benzene rings is 2. The Morgan fingerprint density at radius 1 is 1.22 bits per heavy atom. The summed E-state index contributed by atoms with van der Waals surface area (Å²) in [6.07, 6.45) is 0. The largest absolute Gasteiger partial charge is 0.379 e. The quantitative estimate of drug-likeness (QED) is 0.915. The fourth-order valence-corrected chi connectivity index (χ4v) is 3.12. The molecule has 0 aliphatic carbocycles. The normalized spacial score (nSPS) is 19.3. The summed E-state index contributed by atoms with van der Waals surface area (Å²) in [6.45, 7) is 6.71. The van der Waals surface area contributed by atoms with E-state index in [1.165, 1.54) is 10.8 Å². The predicted molar refractivity (Wildman–Crippen MR) is 92.3 cm³/mol. The maximum Gasteiger partial charge on any atom is 0.227 e. The van der Waals surface area contributed by atoms with E-state index >= 15 is 0 Å². The van der Waals surface area contributed by atoms with Crippen molar-refractivity contribution in [1.82, 2.24) is 10.6 Å². The average Bonchev–Trinajstić information content (AvgIpc) is 2.83. The third-order valence-corrected chi connectivity index (χ3v) is 4.40. The molecule has 2 N–H and O–H groups in total. The molecule has 4 nitrogen and oxygen atoms in total. The summed E-state index contributed by atoms with van der Waals surface area (Å²) in [4.78, 5) is 12.6. The fraction of sp³-hybridized carbons (Fsp3) is 0.421. The van der Waals surface area contributed by atoms with Crippen molar-refractivity contribution in [3.05, 3.63) is 48.0 Å². The highest BCUT2D eigenvalue weighted by Gasteiger charge is 2.29. The first-order valence-electron chi connectivity index (χ1n) is 8.17. The summed E-state index contributed by atoms with van der Waals surface area (Å²) in [7, 11) is 0. The zero-order valence-electron chi connectivity index (χ0n) is 13.8. The molecule has 1 unspecified atom stereocenters. The van der Waals surface area contributed by atoms with Gasteiger partial charge in [0.15, 0.2) is 0 Å². The van der Waals surface area contributed by atoms with E-state index in [4.69, 9.17) is 4.74 Å². The van der Waals surface area contributed by atoms with Crippen molar-refractivity contribution in [3.8, 4) is 0 Å². The second-order valence-electron chi connectivity index (χ2n) is 6.62. The van der Waals surface area contributed by atoms with Gasteiger partial charge < -0.3 is 15.4 Å². The Morgan fingerprint density at radius 2 is 2.00 bits per heavy atom. The van der Waals surface area contributed by atoms with E-state index in [0.717, 1.165) is 12.1 Å². The molecule has 0 bridgehead atoms. The first-order valence-corrected chi connectivity index (χ1v) is 8.17. The standard InChI is InChI=1S/C19H24N2O2/c1-19(2,21-18(22)15-12-20-10-11-23-13-15)17-9-5-7-14-6-3-4-8-16(14)17/h3-9,15,20H,10-13H2,1-2H3,(H,21,22). The highest BCUT2D eigenvalue weighted by molar-refractivity contribution is 5.88. The number of fused-ring (bicyclic) bond motifs is 1. The van der Waals surface area contributed by atoms with Crippen LogP contribution in [0, 0.1) is 5.92 Å². The molecule has 0 spiro atoms. The summed E-state index contributed by atoms with van der Waals surface area (Å²) >= 11 is 0. The number of ether oxygens (including phenoxy) is 1. The molecule has 1 fully saturated rings. The molecule has 0 radical (unpaired) electrons. The summed E-state index contributed by atoms with van der Waals surface area (Å²) in [5, 5.41) is 8.81. The number of carbonyl (C=O) groups is 1. The Hall–Kier alpha value is -1.91. The van der Waals surface area contributed by atoms with Crippen molar-refractivity contribution in [2.75, 3.05) is 26.3 Å². The first kappa shape index (κ1) is 16.0. The van der Waals surface area contributed by atoms with Gasteiger partial charge in [-0.15, -0.1) is 0 Å². The smallest absolute Gasteiger partial charge is 0.227 e. The van der Waals surface area contributed by atoms with Crippen LogP contribution < -0.4 is 10.6 Å². The lowest BCUT2D eigenvalue weighted by atomic mass is 9.89. The van der Waals surface area contributed by atoms with Crippen LogP contribution in [-0.4, -0.2) is 32.2 Å². The lowest BCUT2D eigenvalue weighted by Crippen LogP contribution is -2.46. The minimum Gasteiger partial charge on any atom is -0.379 e. The number of rotatable bonds is 3. The van der Waals surface area contributed by atoms with Gasteiger partial charge in [0.2, 0.25) is 5.91 Å². The van der Waals surface area contributed by atoms with E-state index in [2.05, 4.69) is 48.7 Å². The van der Waals surface area contributed by atoms with Gasteiger partial charge in [0.25, 0.3) is 0 Å². The summed E-state index contributed by atoms with van der Waals surface area (Å²) in [6, 6.07) is 14.5. The van der Waals surface area contributed by atoms with Gasteiger partial charge in [-0.1, -0.05) is 42.5 Å². The molecule has 2 aromatic carbocycles. The van der Waals surface area contributed by atoms with Gasteiger partial charge in [-0.25, -0.2) is 0 Å². The predicted octanol–water partition coefficient (Wildman–Crippen LogP) is 2.43. The van der Waals surface area contributed by atoms with Crippen molar-refractivity contribution in [2.24, 2.45) is 5.92 Å². The van der Waals surface area contributed by atoms with Crippen LogP contribution in [0.25, 0.3) is 10.8 Å². The molecule has 3 rings (SSSR count). The van der Waals surface area contributed by atoms with E-state index in [9.17, 15) is 4.79 Å². The van der Waals surface area contributed by atoms with Crippen LogP contribution in [-0.2, 0) is 15.1 Å². The average molecular weight is 312 g/mol. The number of hydrogen-bond acceptors (Lipinski definition) is 3. The molecule has 1 saturated heterocycles. The maximum atomic E-state index is 12.6. The highest BCUT2D eigenvalue weighted by Crippen LogP contribution is 2.28. The lowest BCUT2D eigenvalue weighted by molar-refractivity contribution is -0.128. The Bertz CT molecular complexity index is 683. The van der Waals surface area contributed by atoms with Gasteiger partial charge >= 0.3 is 0 Å². The monoisotopic (exact) mass is 312 g/mol. The number of hydrogen-bond donors (Lipinski definition) is 2. The minimum atomic E-state index is -0.440. The van der Waals surface area contributed by atoms with Gasteiger partial charge in [0.1, 0.15) is 0 Å². The molecule has 122 valence electrons. The molecule has 1 atom stereocenters. The van der Waals surface area contributed by atoms with Crippen molar-refractivity contribution in [1.29, 1.82) is 0 Å². The Morgan fingerprint density at radius 3 is 2.87 bits per heavy atom. The van der Waals surface area contributed by atoms with Crippen molar-refractivity contribution in [2.45, 2.75) is 19.4 Å². The zero-order valence-corrected chi connectivity index (χ0v) is 13.8. The number of nitrogens with one attached hydrogen (secondary N) is 2. The van der Waals surface area contributed by atoms with E-state index in [1.54, 1.807) is 0 Å². The summed E-state index contributed by atoms with van der Waals surface area (Å²) < 4.78 is 5.50. The number of carbonyl (C=O) groups excluding carboxylic acids is 1. The van der Waals surface area contributed by atoms with Gasteiger partial charge in [0.05, 0.1) is 24.7 Å². The SMILES string of the molecule is CC(C)(NC(=O)C1CNCCOC1)c1cccc2ccccc12. The molecule has 1 aliphatic heterocycles. The van der Waals surface area contributed by atoms with Crippen molar-refractivity contribution >= 4 is 16.7 Å². The van der Waals surface area contributed by atoms with Crippen LogP contribution in [0.15, 0.2) is 42.5 Å². The van der Waals surface area contributed by atoms with Crippen LogP contribution in [0.2, 0.25) is 0 Å². The molecule has 4 heteroatoms. The third kappa shape index (κ3) is 3.54. The van der Waals surface area contributed by atoms with Crippen molar-refractivity contribution < 1.29 is 9.53 Å². The molecule has 0 saturated carbocycles. The van der Waals surface area contributed by atoms with E-state index < -0.39 is 5.54 Å². The molecule has 1 aliphatic rings. The van der Waals surface area contributed by atoms with Gasteiger partial charge in [0, 0.05) is 13.1 Å². The van der Waals surface area contributed by atoms with Crippen LogP contribution in [0.3, 0.4) is 0 Å². The summed E-state index contributed by atoms with van der Waals surface area (Å²) in [5.41, 5.74) is 0.691. The molecular formula is C19H24N2O2. The Balaban J connectivity index is 1.83. The van der Waals surface area contributed by atoms with Crippen LogP contribution in [0.1, 0.15) is 19.4 Å². The second kappa shape index (κ2) is 6.69. The summed E-state index contributed by atoms with van der Waals surface area (Å²) in [5.74, 6) is -0.107. The van der Waals surface area contributed by atoms with Crippen LogP contribution in [0.5, 0.6) is 0 Å². The third-order valence-electron chi connectivity index (χ3n) is 4.40. The number of amides is 1. The molecule has 23 heavy (non-hydrogen) atoms. The Kier molecular flexibility index (Phi) is 4.64. The zero-order chi connectivity index (χ0) is 16.3. The molecule has 2 aromatic rings. The second-order valence-corrected chi connectivity index (χ2v) is 6.62. The topological polar surface area (TPSA) is 50.4 Å². The Labute approximate surface area is 137 Å². The van der Waals surface area contributed by atoms with E-state index in [0.29, 0.717) is 19.8 Å². The van der Waals surface area contributed by atoms with E-state index in [1.807, 2.05) is 18.2 Å². The first-order chi connectivity index (χ1) is 11.1. The van der Waals surface area contributed by atoms with Gasteiger partial charge in [-0.2, -0.15) is 0 Å². The van der Waals surface area contributed by atoms with Gasteiger partial charge in [-0.3, -0.25) is 4.79 Å². The molecule has 1 amide bonds.